The second-order valence-electron chi connectivity index (χ2n) is 6.50. The molecule has 2 aromatic rings. The van der Waals surface area contributed by atoms with Crippen LogP contribution in [0, 0.1) is 0 Å². The van der Waals surface area contributed by atoms with Gasteiger partial charge in [-0.05, 0) is 42.3 Å². The van der Waals surface area contributed by atoms with Gasteiger partial charge in [-0.25, -0.2) is 13.6 Å². The average molecular weight is 357 g/mol. The van der Waals surface area contributed by atoms with Crippen LogP contribution in [0.15, 0.2) is 52.9 Å². The fourth-order valence-electron chi connectivity index (χ4n) is 3.18. The molecule has 130 valence electrons. The van der Waals surface area contributed by atoms with Crippen molar-refractivity contribution in [3.63, 3.8) is 0 Å². The monoisotopic (exact) mass is 357 g/mol. The Hall–Kier alpha value is -2.51. The molecular formula is C18H19N3O3S. The summed E-state index contributed by atoms with van der Waals surface area (Å²) in [7, 11) is -3.77. The van der Waals surface area contributed by atoms with Crippen molar-refractivity contribution in [2.75, 3.05) is 23.7 Å². The van der Waals surface area contributed by atoms with Gasteiger partial charge in [0, 0.05) is 18.3 Å². The number of nitrogens with two attached hydrogens (primary N) is 1. The lowest BCUT2D eigenvalue weighted by atomic mass is 9.89. The van der Waals surface area contributed by atoms with Crippen LogP contribution in [0.5, 0.6) is 5.75 Å². The van der Waals surface area contributed by atoms with Crippen LogP contribution in [0.3, 0.4) is 0 Å². The molecule has 1 unspecified atom stereocenters. The molecule has 0 saturated carbocycles. The number of primary sulfonamides is 1. The summed E-state index contributed by atoms with van der Waals surface area (Å²) in [4.78, 5) is 0.0402. The highest BCUT2D eigenvalue weighted by Crippen LogP contribution is 2.39. The lowest BCUT2D eigenvalue weighted by Gasteiger charge is -2.39. The molecule has 2 aliphatic heterocycles. The van der Waals surface area contributed by atoms with Gasteiger partial charge in [-0.2, -0.15) is 0 Å². The summed E-state index contributed by atoms with van der Waals surface area (Å²) in [6, 6.07) is 12.7. The van der Waals surface area contributed by atoms with Gasteiger partial charge < -0.3 is 15.4 Å². The quantitative estimate of drug-likeness (QED) is 0.767. The van der Waals surface area contributed by atoms with Gasteiger partial charge in [0.15, 0.2) is 0 Å². The molecule has 6 nitrogen and oxygen atoms in total. The average Bonchev–Trinajstić information content (AvgIpc) is 2.60. The van der Waals surface area contributed by atoms with Crippen molar-refractivity contribution in [3.05, 3.63) is 53.6 Å². The normalized spacial score (nSPS) is 21.8. The van der Waals surface area contributed by atoms with Gasteiger partial charge in [0.25, 0.3) is 0 Å². The summed E-state index contributed by atoms with van der Waals surface area (Å²) >= 11 is 0. The summed E-state index contributed by atoms with van der Waals surface area (Å²) in [6.45, 7) is 3.25. The van der Waals surface area contributed by atoms with E-state index in [1.807, 2.05) is 31.2 Å². The van der Waals surface area contributed by atoms with Crippen molar-refractivity contribution in [1.29, 1.82) is 0 Å². The molecule has 0 bridgehead atoms. The molecule has 0 spiro atoms. The zero-order valence-corrected chi connectivity index (χ0v) is 14.6. The molecule has 7 heteroatoms. The highest BCUT2D eigenvalue weighted by atomic mass is 32.2. The van der Waals surface area contributed by atoms with Gasteiger partial charge in [-0.1, -0.05) is 18.2 Å². The van der Waals surface area contributed by atoms with Gasteiger partial charge in [0.1, 0.15) is 11.4 Å². The van der Waals surface area contributed by atoms with Crippen molar-refractivity contribution in [1.82, 2.24) is 0 Å². The molecule has 0 aromatic heterocycles. The maximum absolute atomic E-state index is 11.6. The molecule has 0 aliphatic carbocycles. The van der Waals surface area contributed by atoms with E-state index in [0.29, 0.717) is 18.8 Å². The van der Waals surface area contributed by atoms with Crippen molar-refractivity contribution in [2.24, 2.45) is 5.14 Å². The Morgan fingerprint density at radius 2 is 1.92 bits per heavy atom. The molecule has 2 aliphatic rings. The fourth-order valence-corrected chi connectivity index (χ4v) is 3.71. The first-order valence-corrected chi connectivity index (χ1v) is 9.53. The Bertz CT molecular complexity index is 985. The van der Waals surface area contributed by atoms with Crippen LogP contribution < -0.4 is 20.5 Å². The Balaban J connectivity index is 1.71. The maximum Gasteiger partial charge on any atom is 0.238 e. The van der Waals surface area contributed by atoms with Crippen LogP contribution in [-0.4, -0.2) is 27.1 Å². The predicted molar refractivity (Wildman–Crippen MR) is 98.2 cm³/mol. The number of fused-ring (bicyclic) bond motifs is 2. The minimum Gasteiger partial charge on any atom is -0.479 e. The number of anilines is 2. The van der Waals surface area contributed by atoms with Gasteiger partial charge >= 0.3 is 0 Å². The maximum atomic E-state index is 11.6. The largest absolute Gasteiger partial charge is 0.479 e. The van der Waals surface area contributed by atoms with E-state index in [2.05, 4.69) is 16.7 Å². The topological polar surface area (TPSA) is 93.5 Å². The van der Waals surface area contributed by atoms with E-state index in [0.717, 1.165) is 22.5 Å². The Morgan fingerprint density at radius 1 is 1.12 bits per heavy atom. The van der Waals surface area contributed by atoms with Crippen molar-refractivity contribution < 1.29 is 13.2 Å². The molecule has 0 fully saturated rings. The van der Waals surface area contributed by atoms with Crippen LogP contribution in [0.25, 0.3) is 6.08 Å². The van der Waals surface area contributed by atoms with Crippen LogP contribution in [0.4, 0.5) is 11.4 Å². The molecule has 4 rings (SSSR count). The van der Waals surface area contributed by atoms with E-state index in [-0.39, 0.29) is 4.90 Å². The van der Waals surface area contributed by atoms with E-state index in [1.54, 1.807) is 6.07 Å². The third-order valence-electron chi connectivity index (χ3n) is 4.67. The third-order valence-corrected chi connectivity index (χ3v) is 5.58. The van der Waals surface area contributed by atoms with E-state index in [4.69, 9.17) is 9.88 Å². The van der Waals surface area contributed by atoms with E-state index in [9.17, 15) is 8.42 Å². The van der Waals surface area contributed by atoms with E-state index in [1.165, 1.54) is 12.1 Å². The lowest BCUT2D eigenvalue weighted by Crippen LogP contribution is -2.47. The smallest absolute Gasteiger partial charge is 0.238 e. The molecular weight excluding hydrogens is 338 g/mol. The number of hydrogen-bond acceptors (Lipinski definition) is 5. The standard InChI is InChI=1S/C18H19N3O3S/c1-18(13-8-12-4-2-3-5-15(12)20-10-13)11-21-16-7-6-14(25(19,22)23)9-17(16)24-18/h2-9,20-21H,10-11H2,1H3,(H2,19,22,23). The van der Waals surface area contributed by atoms with Gasteiger partial charge in [-0.3, -0.25) is 0 Å². The van der Waals surface area contributed by atoms with E-state index >= 15 is 0 Å². The van der Waals surface area contributed by atoms with E-state index < -0.39 is 15.6 Å². The number of sulfonamides is 1. The molecule has 0 amide bonds. The van der Waals surface area contributed by atoms with Crippen molar-refractivity contribution in [3.8, 4) is 5.75 Å². The number of rotatable bonds is 2. The van der Waals surface area contributed by atoms with Crippen LogP contribution in [0.2, 0.25) is 0 Å². The van der Waals surface area contributed by atoms with Crippen LogP contribution in [-0.2, 0) is 10.0 Å². The van der Waals surface area contributed by atoms with Gasteiger partial charge in [0.2, 0.25) is 10.0 Å². The first-order chi connectivity index (χ1) is 11.9. The van der Waals surface area contributed by atoms with Crippen molar-refractivity contribution >= 4 is 27.5 Å². The molecule has 0 saturated heterocycles. The Kier molecular flexibility index (Phi) is 3.52. The first-order valence-electron chi connectivity index (χ1n) is 7.99. The molecule has 1 atom stereocenters. The zero-order chi connectivity index (χ0) is 17.7. The highest BCUT2D eigenvalue weighted by Gasteiger charge is 2.36. The van der Waals surface area contributed by atoms with Gasteiger partial charge in [0.05, 0.1) is 17.1 Å². The predicted octanol–water partition coefficient (Wildman–Crippen LogP) is 2.41. The minimum absolute atomic E-state index is 0.0402. The summed E-state index contributed by atoms with van der Waals surface area (Å²) in [5, 5.41) is 12.0. The first kappa shape index (κ1) is 16.0. The minimum atomic E-state index is -3.77. The lowest BCUT2D eigenvalue weighted by molar-refractivity contribution is 0.133. The SMILES string of the molecule is CC1(C2=Cc3ccccc3NC2)CNc2ccc(S(N)(=O)=O)cc2O1. The summed E-state index contributed by atoms with van der Waals surface area (Å²) in [5.41, 5.74) is 3.46. The number of para-hydroxylation sites is 1. The number of ether oxygens (including phenoxy) is 1. The number of benzene rings is 2. The van der Waals surface area contributed by atoms with Crippen molar-refractivity contribution in [2.45, 2.75) is 17.4 Å². The fraction of sp³-hybridized carbons (Fsp3) is 0.222. The third kappa shape index (κ3) is 2.85. The summed E-state index contributed by atoms with van der Waals surface area (Å²) in [6.07, 6.45) is 2.13. The Labute approximate surface area is 146 Å². The van der Waals surface area contributed by atoms with Gasteiger partial charge in [-0.15, -0.1) is 0 Å². The molecule has 25 heavy (non-hydrogen) atoms. The second-order valence-corrected chi connectivity index (χ2v) is 8.06. The van der Waals surface area contributed by atoms with Crippen LogP contribution in [0.1, 0.15) is 12.5 Å². The Morgan fingerprint density at radius 3 is 2.72 bits per heavy atom. The second kappa shape index (κ2) is 5.50. The molecule has 0 radical (unpaired) electrons. The number of nitrogens with one attached hydrogen (secondary N) is 2. The number of hydrogen-bond donors (Lipinski definition) is 3. The molecule has 2 aromatic carbocycles. The molecule has 2 heterocycles. The molecule has 4 N–H and O–H groups in total. The highest BCUT2D eigenvalue weighted by molar-refractivity contribution is 7.89. The van der Waals surface area contributed by atoms with Crippen LogP contribution >= 0.6 is 0 Å². The summed E-state index contributed by atoms with van der Waals surface area (Å²) < 4.78 is 29.4. The summed E-state index contributed by atoms with van der Waals surface area (Å²) in [5.74, 6) is 0.486. The zero-order valence-electron chi connectivity index (χ0n) is 13.7.